The lowest BCUT2D eigenvalue weighted by Crippen LogP contribution is -2.38. The molecule has 4 nitrogen and oxygen atoms in total. The van der Waals surface area contributed by atoms with Gasteiger partial charge in [0.05, 0.1) is 6.54 Å². The van der Waals surface area contributed by atoms with Gasteiger partial charge in [-0.3, -0.25) is 4.79 Å². The second-order valence-corrected chi connectivity index (χ2v) is 3.75. The molecular weight excluding hydrogens is 216 g/mol. The molecule has 0 aliphatic heterocycles. The first-order valence-electron chi connectivity index (χ1n) is 5.84. The Morgan fingerprint density at radius 3 is 2.47 bits per heavy atom. The number of benzene rings is 1. The normalized spacial score (nSPS) is 9.71. The standard InChI is InChI=1S/C13H18N2O2/c1-2-3-9-14-13(17)15-10-12(16)11-7-5-4-6-8-11/h4-8H,2-3,9-10H2,1H3,(H2,14,15,17). The molecule has 1 rings (SSSR count). The summed E-state index contributed by atoms with van der Waals surface area (Å²) in [5, 5.41) is 5.23. The van der Waals surface area contributed by atoms with Crippen molar-refractivity contribution in [1.29, 1.82) is 0 Å². The van der Waals surface area contributed by atoms with Gasteiger partial charge < -0.3 is 10.6 Å². The fraction of sp³-hybridized carbons (Fsp3) is 0.385. The number of nitrogens with one attached hydrogen (secondary N) is 2. The minimum Gasteiger partial charge on any atom is -0.338 e. The third-order valence-electron chi connectivity index (χ3n) is 2.32. The van der Waals surface area contributed by atoms with Gasteiger partial charge in [0.2, 0.25) is 0 Å². The molecule has 1 aromatic carbocycles. The number of hydrogen-bond donors (Lipinski definition) is 2. The van der Waals surface area contributed by atoms with Gasteiger partial charge >= 0.3 is 6.03 Å². The summed E-state index contributed by atoms with van der Waals surface area (Å²) in [6.45, 7) is 2.72. The van der Waals surface area contributed by atoms with Crippen molar-refractivity contribution < 1.29 is 9.59 Å². The Morgan fingerprint density at radius 1 is 1.12 bits per heavy atom. The van der Waals surface area contributed by atoms with Crippen LogP contribution in [0.4, 0.5) is 4.79 Å². The zero-order chi connectivity index (χ0) is 12.5. The third-order valence-corrected chi connectivity index (χ3v) is 2.32. The van der Waals surface area contributed by atoms with E-state index in [0.29, 0.717) is 12.1 Å². The van der Waals surface area contributed by atoms with Gasteiger partial charge in [0, 0.05) is 12.1 Å². The maximum atomic E-state index is 11.6. The van der Waals surface area contributed by atoms with Crippen molar-refractivity contribution in [2.75, 3.05) is 13.1 Å². The fourth-order valence-electron chi connectivity index (χ4n) is 1.33. The van der Waals surface area contributed by atoms with Crippen molar-refractivity contribution in [3.8, 4) is 0 Å². The Morgan fingerprint density at radius 2 is 1.82 bits per heavy atom. The van der Waals surface area contributed by atoms with Gasteiger partial charge in [0.25, 0.3) is 0 Å². The number of ketones is 1. The van der Waals surface area contributed by atoms with Crippen LogP contribution in [0.25, 0.3) is 0 Å². The first-order chi connectivity index (χ1) is 8.24. The highest BCUT2D eigenvalue weighted by atomic mass is 16.2. The van der Waals surface area contributed by atoms with Crippen molar-refractivity contribution in [1.82, 2.24) is 10.6 Å². The quantitative estimate of drug-likeness (QED) is 0.584. The minimum absolute atomic E-state index is 0.0297. The van der Waals surface area contributed by atoms with Crippen LogP contribution >= 0.6 is 0 Å². The lowest BCUT2D eigenvalue weighted by atomic mass is 10.1. The fourth-order valence-corrected chi connectivity index (χ4v) is 1.33. The van der Waals surface area contributed by atoms with Gasteiger partial charge in [-0.1, -0.05) is 43.7 Å². The molecule has 1 aromatic rings. The molecule has 0 aromatic heterocycles. The van der Waals surface area contributed by atoms with Crippen molar-refractivity contribution in [3.63, 3.8) is 0 Å². The van der Waals surface area contributed by atoms with E-state index in [1.807, 2.05) is 6.07 Å². The van der Waals surface area contributed by atoms with E-state index in [0.717, 1.165) is 12.8 Å². The summed E-state index contributed by atoms with van der Waals surface area (Å²) in [6.07, 6.45) is 1.98. The van der Waals surface area contributed by atoms with Crippen LogP contribution in [0.5, 0.6) is 0 Å². The smallest absolute Gasteiger partial charge is 0.315 e. The molecule has 0 fully saturated rings. The Bertz CT molecular complexity index is 363. The summed E-state index contributed by atoms with van der Waals surface area (Å²) in [5.74, 6) is -0.0868. The van der Waals surface area contributed by atoms with E-state index in [-0.39, 0.29) is 18.4 Å². The monoisotopic (exact) mass is 234 g/mol. The van der Waals surface area contributed by atoms with Crippen LogP contribution in [0.2, 0.25) is 0 Å². The molecule has 2 N–H and O–H groups in total. The van der Waals surface area contributed by atoms with Gasteiger partial charge in [0.1, 0.15) is 0 Å². The lowest BCUT2D eigenvalue weighted by Gasteiger charge is -2.06. The van der Waals surface area contributed by atoms with Crippen LogP contribution in [-0.2, 0) is 0 Å². The van der Waals surface area contributed by atoms with Crippen LogP contribution in [0.3, 0.4) is 0 Å². The zero-order valence-electron chi connectivity index (χ0n) is 10.0. The molecule has 0 bridgehead atoms. The molecule has 0 spiro atoms. The minimum atomic E-state index is -0.289. The average molecular weight is 234 g/mol. The van der Waals surface area contributed by atoms with Crippen molar-refractivity contribution in [2.24, 2.45) is 0 Å². The Labute approximate surface area is 101 Å². The molecule has 4 heteroatoms. The topological polar surface area (TPSA) is 58.2 Å². The summed E-state index contributed by atoms with van der Waals surface area (Å²) in [5.41, 5.74) is 0.612. The van der Waals surface area contributed by atoms with Gasteiger partial charge in [-0.05, 0) is 6.42 Å². The second-order valence-electron chi connectivity index (χ2n) is 3.75. The largest absolute Gasteiger partial charge is 0.338 e. The SMILES string of the molecule is CCCCNC(=O)NCC(=O)c1ccccc1. The number of Topliss-reactive ketones (excluding diaryl/α,β-unsaturated/α-hetero) is 1. The van der Waals surface area contributed by atoms with E-state index >= 15 is 0 Å². The molecule has 0 aliphatic rings. The Balaban J connectivity index is 2.26. The van der Waals surface area contributed by atoms with Crippen molar-refractivity contribution in [2.45, 2.75) is 19.8 Å². The van der Waals surface area contributed by atoms with Crippen molar-refractivity contribution in [3.05, 3.63) is 35.9 Å². The molecule has 0 saturated heterocycles. The number of hydrogen-bond acceptors (Lipinski definition) is 2. The number of unbranched alkanes of at least 4 members (excludes halogenated alkanes) is 1. The first-order valence-corrected chi connectivity index (χ1v) is 5.84. The Hall–Kier alpha value is -1.84. The first kappa shape index (κ1) is 13.2. The maximum Gasteiger partial charge on any atom is 0.315 e. The van der Waals surface area contributed by atoms with Crippen LogP contribution < -0.4 is 10.6 Å². The number of urea groups is 1. The van der Waals surface area contributed by atoms with Crippen LogP contribution in [-0.4, -0.2) is 24.9 Å². The van der Waals surface area contributed by atoms with Crippen LogP contribution in [0, 0.1) is 0 Å². The highest BCUT2D eigenvalue weighted by Gasteiger charge is 2.06. The highest BCUT2D eigenvalue weighted by Crippen LogP contribution is 1.98. The highest BCUT2D eigenvalue weighted by molar-refractivity contribution is 5.99. The van der Waals surface area contributed by atoms with E-state index in [2.05, 4.69) is 17.6 Å². The van der Waals surface area contributed by atoms with Gasteiger partial charge in [-0.15, -0.1) is 0 Å². The molecule has 0 radical (unpaired) electrons. The summed E-state index contributed by atoms with van der Waals surface area (Å²) >= 11 is 0. The third kappa shape index (κ3) is 5.15. The molecule has 0 aliphatic carbocycles. The van der Waals surface area contributed by atoms with Crippen LogP contribution in [0.15, 0.2) is 30.3 Å². The lowest BCUT2D eigenvalue weighted by molar-refractivity contribution is 0.0992. The van der Waals surface area contributed by atoms with E-state index < -0.39 is 0 Å². The number of carbonyl (C=O) groups is 2. The molecule has 92 valence electrons. The van der Waals surface area contributed by atoms with Gasteiger partial charge in [-0.2, -0.15) is 0 Å². The summed E-state index contributed by atoms with van der Waals surface area (Å²) in [6, 6.07) is 8.63. The molecule has 2 amide bonds. The molecular formula is C13H18N2O2. The number of carbonyl (C=O) groups excluding carboxylic acids is 2. The maximum absolute atomic E-state index is 11.6. The number of amides is 2. The molecule has 17 heavy (non-hydrogen) atoms. The van der Waals surface area contributed by atoms with E-state index in [1.54, 1.807) is 24.3 Å². The summed E-state index contributed by atoms with van der Waals surface area (Å²) in [7, 11) is 0. The predicted octanol–water partition coefficient (Wildman–Crippen LogP) is 1.97. The number of rotatable bonds is 6. The Kier molecular flexibility index (Phi) is 5.79. The molecule has 0 heterocycles. The molecule has 0 atom stereocenters. The zero-order valence-corrected chi connectivity index (χ0v) is 10.0. The van der Waals surface area contributed by atoms with Crippen LogP contribution in [0.1, 0.15) is 30.1 Å². The van der Waals surface area contributed by atoms with Gasteiger partial charge in [-0.25, -0.2) is 4.79 Å². The van der Waals surface area contributed by atoms with Gasteiger partial charge in [0.15, 0.2) is 5.78 Å². The van der Waals surface area contributed by atoms with E-state index in [1.165, 1.54) is 0 Å². The van der Waals surface area contributed by atoms with E-state index in [4.69, 9.17) is 0 Å². The molecule has 0 unspecified atom stereocenters. The average Bonchev–Trinajstić information content (AvgIpc) is 2.37. The molecule has 0 saturated carbocycles. The summed E-state index contributed by atoms with van der Waals surface area (Å²) < 4.78 is 0. The summed E-state index contributed by atoms with van der Waals surface area (Å²) in [4.78, 5) is 22.9. The van der Waals surface area contributed by atoms with E-state index in [9.17, 15) is 9.59 Å². The second kappa shape index (κ2) is 7.44. The van der Waals surface area contributed by atoms with Crippen molar-refractivity contribution >= 4 is 11.8 Å². The predicted molar refractivity (Wildman–Crippen MR) is 67.1 cm³/mol.